The smallest absolute Gasteiger partial charge is 0.252 e. The van der Waals surface area contributed by atoms with Crippen LogP contribution in [0.1, 0.15) is 5.56 Å². The first-order valence-electron chi connectivity index (χ1n) is 8.79. The molecule has 28 heavy (non-hydrogen) atoms. The molecule has 1 aromatic heterocycles. The first-order valence-corrected chi connectivity index (χ1v) is 11.1. The molecule has 1 aliphatic heterocycles. The van der Waals surface area contributed by atoms with E-state index in [2.05, 4.69) is 5.32 Å². The van der Waals surface area contributed by atoms with E-state index in [0.29, 0.717) is 17.3 Å². The predicted octanol–water partition coefficient (Wildman–Crippen LogP) is 1.41. The van der Waals surface area contributed by atoms with Gasteiger partial charge in [0.25, 0.3) is 10.0 Å². The van der Waals surface area contributed by atoms with Gasteiger partial charge in [0.05, 0.1) is 6.54 Å². The number of amides is 2. The number of rotatable bonds is 6. The van der Waals surface area contributed by atoms with Crippen molar-refractivity contribution in [2.45, 2.75) is 4.21 Å². The number of nitrogens with one attached hydrogen (secondary N) is 1. The van der Waals surface area contributed by atoms with Gasteiger partial charge in [-0.25, -0.2) is 8.42 Å². The fraction of sp³-hybridized carbons (Fsp3) is 0.263. The molecule has 2 heterocycles. The van der Waals surface area contributed by atoms with Gasteiger partial charge >= 0.3 is 0 Å². The largest absolute Gasteiger partial charge is 0.343 e. The predicted molar refractivity (Wildman–Crippen MR) is 108 cm³/mol. The maximum absolute atomic E-state index is 12.5. The molecule has 9 heteroatoms. The molecule has 1 fully saturated rings. The van der Waals surface area contributed by atoms with E-state index < -0.39 is 10.0 Å². The number of hydrogen-bond acceptors (Lipinski definition) is 5. The van der Waals surface area contributed by atoms with Gasteiger partial charge < -0.3 is 10.2 Å². The van der Waals surface area contributed by atoms with Gasteiger partial charge in [0.15, 0.2) is 0 Å². The summed E-state index contributed by atoms with van der Waals surface area (Å²) >= 11 is 1.18. The van der Waals surface area contributed by atoms with Crippen LogP contribution in [0.2, 0.25) is 0 Å². The summed E-state index contributed by atoms with van der Waals surface area (Å²) in [4.78, 5) is 25.7. The van der Waals surface area contributed by atoms with Crippen molar-refractivity contribution in [3.05, 3.63) is 59.5 Å². The van der Waals surface area contributed by atoms with Crippen molar-refractivity contribution >= 4 is 39.3 Å². The third kappa shape index (κ3) is 5.06. The van der Waals surface area contributed by atoms with Crippen LogP contribution in [0.3, 0.4) is 0 Å². The molecule has 0 unspecified atom stereocenters. The third-order valence-electron chi connectivity index (χ3n) is 4.32. The van der Waals surface area contributed by atoms with Gasteiger partial charge in [-0.2, -0.15) is 4.31 Å². The van der Waals surface area contributed by atoms with Crippen molar-refractivity contribution in [3.8, 4) is 0 Å². The Bertz CT molecular complexity index is 933. The van der Waals surface area contributed by atoms with E-state index in [1.807, 2.05) is 30.3 Å². The summed E-state index contributed by atoms with van der Waals surface area (Å²) in [7, 11) is -3.49. The molecule has 1 aliphatic rings. The van der Waals surface area contributed by atoms with Crippen LogP contribution in [0, 0.1) is 0 Å². The Hall–Kier alpha value is -2.49. The van der Waals surface area contributed by atoms with Crippen LogP contribution in [-0.4, -0.2) is 62.2 Å². The Morgan fingerprint density at radius 1 is 1.04 bits per heavy atom. The van der Waals surface area contributed by atoms with Crippen LogP contribution in [0.5, 0.6) is 0 Å². The van der Waals surface area contributed by atoms with E-state index in [1.54, 1.807) is 28.5 Å². The molecule has 1 aromatic carbocycles. The van der Waals surface area contributed by atoms with Gasteiger partial charge in [-0.05, 0) is 23.1 Å². The number of nitrogens with zero attached hydrogens (tertiary/aromatic N) is 2. The van der Waals surface area contributed by atoms with Gasteiger partial charge in [0.1, 0.15) is 4.21 Å². The number of piperazine rings is 1. The van der Waals surface area contributed by atoms with Crippen molar-refractivity contribution in [1.29, 1.82) is 0 Å². The molecule has 0 bridgehead atoms. The zero-order valence-electron chi connectivity index (χ0n) is 15.2. The molecule has 0 atom stereocenters. The van der Waals surface area contributed by atoms with Crippen LogP contribution in [0.4, 0.5) is 0 Å². The first kappa shape index (κ1) is 20.2. The third-order valence-corrected chi connectivity index (χ3v) is 7.59. The molecular weight excluding hydrogens is 398 g/mol. The number of benzene rings is 1. The SMILES string of the molecule is O=C(/C=C/c1ccccc1)NCC(=O)N1CCN(S(=O)(=O)c2cccs2)CC1. The highest BCUT2D eigenvalue weighted by Gasteiger charge is 2.30. The Kier molecular flexibility index (Phi) is 6.61. The minimum atomic E-state index is -3.49. The molecule has 0 radical (unpaired) electrons. The average Bonchev–Trinajstić information content (AvgIpc) is 3.27. The van der Waals surface area contributed by atoms with Gasteiger partial charge in [0.2, 0.25) is 11.8 Å². The maximum Gasteiger partial charge on any atom is 0.252 e. The molecule has 1 N–H and O–H groups in total. The Morgan fingerprint density at radius 3 is 2.39 bits per heavy atom. The standard InChI is InChI=1S/C19H21N3O4S2/c23-17(9-8-16-5-2-1-3-6-16)20-15-18(24)21-10-12-22(13-11-21)28(25,26)19-7-4-14-27-19/h1-9,14H,10-13,15H2,(H,20,23)/b9-8+. The maximum atomic E-state index is 12.5. The quantitative estimate of drug-likeness (QED) is 0.718. The normalized spacial score (nSPS) is 15.6. The molecule has 3 rings (SSSR count). The zero-order valence-corrected chi connectivity index (χ0v) is 16.8. The number of hydrogen-bond donors (Lipinski definition) is 1. The molecule has 7 nitrogen and oxygen atoms in total. The van der Waals surface area contributed by atoms with E-state index in [0.717, 1.165) is 5.56 Å². The van der Waals surface area contributed by atoms with Gasteiger partial charge in [-0.1, -0.05) is 36.4 Å². The molecular formula is C19H21N3O4S2. The summed E-state index contributed by atoms with van der Waals surface area (Å²) in [6, 6.07) is 12.7. The summed E-state index contributed by atoms with van der Waals surface area (Å²) in [5.74, 6) is -0.578. The van der Waals surface area contributed by atoms with Crippen LogP contribution in [0.25, 0.3) is 6.08 Å². The summed E-state index contributed by atoms with van der Waals surface area (Å²) in [6.07, 6.45) is 3.06. The monoisotopic (exact) mass is 419 g/mol. The van der Waals surface area contributed by atoms with E-state index in [1.165, 1.54) is 21.7 Å². The fourth-order valence-electron chi connectivity index (χ4n) is 2.78. The van der Waals surface area contributed by atoms with E-state index in [-0.39, 0.29) is 31.4 Å². The van der Waals surface area contributed by atoms with Crippen LogP contribution in [0.15, 0.2) is 58.1 Å². The van der Waals surface area contributed by atoms with Crippen LogP contribution >= 0.6 is 11.3 Å². The molecule has 0 saturated carbocycles. The second-order valence-corrected chi connectivity index (χ2v) is 9.29. The highest BCUT2D eigenvalue weighted by atomic mass is 32.2. The number of sulfonamides is 1. The van der Waals surface area contributed by atoms with Crippen molar-refractivity contribution in [2.75, 3.05) is 32.7 Å². The average molecular weight is 420 g/mol. The lowest BCUT2D eigenvalue weighted by Crippen LogP contribution is -2.52. The van der Waals surface area contributed by atoms with Crippen molar-refractivity contribution in [1.82, 2.24) is 14.5 Å². The number of thiophene rings is 1. The summed E-state index contributed by atoms with van der Waals surface area (Å²) in [5, 5.41) is 4.29. The van der Waals surface area contributed by atoms with Crippen molar-refractivity contribution in [2.24, 2.45) is 0 Å². The minimum absolute atomic E-state index is 0.115. The fourth-order valence-corrected chi connectivity index (χ4v) is 5.35. The second kappa shape index (κ2) is 9.13. The van der Waals surface area contributed by atoms with Gasteiger partial charge in [-0.3, -0.25) is 9.59 Å². The molecule has 0 spiro atoms. The Morgan fingerprint density at radius 2 is 1.75 bits per heavy atom. The molecule has 1 saturated heterocycles. The van der Waals surface area contributed by atoms with Crippen LogP contribution < -0.4 is 5.32 Å². The highest BCUT2D eigenvalue weighted by molar-refractivity contribution is 7.91. The lowest BCUT2D eigenvalue weighted by molar-refractivity contribution is -0.133. The van der Waals surface area contributed by atoms with Crippen molar-refractivity contribution in [3.63, 3.8) is 0 Å². The number of carbonyl (C=O) groups is 2. The zero-order chi connectivity index (χ0) is 20.0. The Balaban J connectivity index is 1.45. The minimum Gasteiger partial charge on any atom is -0.343 e. The van der Waals surface area contributed by atoms with Crippen LogP contribution in [-0.2, 0) is 19.6 Å². The lowest BCUT2D eigenvalue weighted by atomic mass is 10.2. The van der Waals surface area contributed by atoms with E-state index in [9.17, 15) is 18.0 Å². The lowest BCUT2D eigenvalue weighted by Gasteiger charge is -2.33. The number of carbonyl (C=O) groups excluding carboxylic acids is 2. The first-order chi connectivity index (χ1) is 13.5. The van der Waals surface area contributed by atoms with E-state index in [4.69, 9.17) is 0 Å². The molecule has 2 amide bonds. The summed E-state index contributed by atoms with van der Waals surface area (Å²) in [5.41, 5.74) is 0.895. The Labute approximate surface area is 168 Å². The topological polar surface area (TPSA) is 86.8 Å². The highest BCUT2D eigenvalue weighted by Crippen LogP contribution is 2.21. The summed E-state index contributed by atoms with van der Waals surface area (Å²) < 4.78 is 26.7. The van der Waals surface area contributed by atoms with E-state index >= 15 is 0 Å². The molecule has 148 valence electrons. The van der Waals surface area contributed by atoms with Crippen molar-refractivity contribution < 1.29 is 18.0 Å². The van der Waals surface area contributed by atoms with Gasteiger partial charge in [0, 0.05) is 32.3 Å². The van der Waals surface area contributed by atoms with Gasteiger partial charge in [-0.15, -0.1) is 11.3 Å². The second-order valence-electron chi connectivity index (χ2n) is 6.18. The molecule has 2 aromatic rings. The molecule has 0 aliphatic carbocycles. The summed E-state index contributed by atoms with van der Waals surface area (Å²) in [6.45, 7) is 0.982.